The molecule has 3 nitrogen and oxygen atoms in total. The Balaban J connectivity index is 2.11. The first-order valence-electron chi connectivity index (χ1n) is 6.12. The van der Waals surface area contributed by atoms with Crippen molar-refractivity contribution in [1.29, 1.82) is 0 Å². The van der Waals surface area contributed by atoms with E-state index in [1.54, 1.807) is 0 Å². The largest absolute Gasteiger partial charge is 0.306 e. The van der Waals surface area contributed by atoms with Gasteiger partial charge in [0, 0.05) is 15.6 Å². The van der Waals surface area contributed by atoms with Crippen molar-refractivity contribution >= 4 is 15.9 Å². The quantitative estimate of drug-likeness (QED) is 0.880. The number of hydrogen-bond donors (Lipinski definition) is 1. The molecule has 92 valence electrons. The van der Waals surface area contributed by atoms with E-state index in [2.05, 4.69) is 25.9 Å². The van der Waals surface area contributed by atoms with E-state index < -0.39 is 0 Å². The molecule has 1 aliphatic carbocycles. The Kier molecular flexibility index (Phi) is 3.04. The van der Waals surface area contributed by atoms with Gasteiger partial charge in [-0.15, -0.1) is 0 Å². The van der Waals surface area contributed by atoms with Gasteiger partial charge in [-0.05, 0) is 37.8 Å². The van der Waals surface area contributed by atoms with Crippen LogP contribution in [0.5, 0.6) is 0 Å². The van der Waals surface area contributed by atoms with Gasteiger partial charge in [0.15, 0.2) is 0 Å². The number of nitrogens with zero attached hydrogens (tertiary/aromatic N) is 1. The lowest BCUT2D eigenvalue weighted by Crippen LogP contribution is -2.21. The molecule has 0 bridgehead atoms. The van der Waals surface area contributed by atoms with Crippen LogP contribution in [0.1, 0.15) is 24.1 Å². The molecule has 0 fully saturated rings. The van der Waals surface area contributed by atoms with Crippen LogP contribution < -0.4 is 5.56 Å². The Labute approximate surface area is 113 Å². The fourth-order valence-electron chi connectivity index (χ4n) is 2.35. The smallest absolute Gasteiger partial charge is 0.254 e. The molecule has 0 unspecified atom stereocenters. The molecule has 1 heterocycles. The number of hydrogen-bond acceptors (Lipinski definition) is 2. The van der Waals surface area contributed by atoms with Gasteiger partial charge in [0.05, 0.1) is 5.69 Å². The molecule has 1 aromatic carbocycles. The molecule has 4 heteroatoms. The Morgan fingerprint density at radius 1 is 1.11 bits per heavy atom. The average Bonchev–Trinajstić information content (AvgIpc) is 2.39. The summed E-state index contributed by atoms with van der Waals surface area (Å²) in [6.45, 7) is 0. The molecule has 0 aliphatic heterocycles. The second kappa shape index (κ2) is 4.69. The maximum Gasteiger partial charge on any atom is 0.254 e. The third-order valence-corrected chi connectivity index (χ3v) is 3.84. The maximum absolute atomic E-state index is 12.0. The summed E-state index contributed by atoms with van der Waals surface area (Å²) in [5.41, 5.74) is 2.83. The van der Waals surface area contributed by atoms with Crippen molar-refractivity contribution < 1.29 is 0 Å². The third kappa shape index (κ3) is 2.12. The minimum absolute atomic E-state index is 0.0256. The van der Waals surface area contributed by atoms with Gasteiger partial charge in [-0.1, -0.05) is 28.1 Å². The van der Waals surface area contributed by atoms with Crippen molar-refractivity contribution in [1.82, 2.24) is 9.97 Å². The summed E-state index contributed by atoms with van der Waals surface area (Å²) < 4.78 is 1.02. The highest BCUT2D eigenvalue weighted by atomic mass is 79.9. The molecular weight excluding hydrogens is 292 g/mol. The summed E-state index contributed by atoms with van der Waals surface area (Å²) >= 11 is 3.40. The molecule has 0 radical (unpaired) electrons. The van der Waals surface area contributed by atoms with Crippen molar-refractivity contribution in [3.05, 3.63) is 50.3 Å². The van der Waals surface area contributed by atoms with Crippen LogP contribution in [-0.2, 0) is 12.8 Å². The third-order valence-electron chi connectivity index (χ3n) is 3.31. The van der Waals surface area contributed by atoms with E-state index >= 15 is 0 Å². The number of halogens is 1. The number of benzene rings is 1. The van der Waals surface area contributed by atoms with Crippen LogP contribution >= 0.6 is 15.9 Å². The zero-order valence-corrected chi connectivity index (χ0v) is 11.5. The van der Waals surface area contributed by atoms with Crippen molar-refractivity contribution in [3.8, 4) is 11.4 Å². The van der Waals surface area contributed by atoms with Crippen LogP contribution in [0.15, 0.2) is 33.5 Å². The van der Waals surface area contributed by atoms with Gasteiger partial charge >= 0.3 is 0 Å². The highest BCUT2D eigenvalue weighted by molar-refractivity contribution is 9.10. The average molecular weight is 305 g/mol. The van der Waals surface area contributed by atoms with E-state index in [1.165, 1.54) is 0 Å². The molecule has 1 aromatic heterocycles. The molecule has 0 saturated heterocycles. The fraction of sp³-hybridized carbons (Fsp3) is 0.286. The molecule has 18 heavy (non-hydrogen) atoms. The number of aromatic amines is 1. The van der Waals surface area contributed by atoms with Crippen LogP contribution in [-0.4, -0.2) is 9.97 Å². The molecule has 1 aliphatic rings. The topological polar surface area (TPSA) is 45.8 Å². The highest BCUT2D eigenvalue weighted by Crippen LogP contribution is 2.21. The van der Waals surface area contributed by atoms with Gasteiger partial charge in [-0.2, -0.15) is 0 Å². The minimum atomic E-state index is 0.0256. The molecular formula is C14H13BrN2O. The lowest BCUT2D eigenvalue weighted by atomic mass is 9.97. The number of rotatable bonds is 1. The Morgan fingerprint density at radius 3 is 2.61 bits per heavy atom. The Hall–Kier alpha value is -1.42. The van der Waals surface area contributed by atoms with E-state index in [4.69, 9.17) is 0 Å². The van der Waals surface area contributed by atoms with E-state index in [0.29, 0.717) is 5.82 Å². The summed E-state index contributed by atoms with van der Waals surface area (Å²) in [6.07, 6.45) is 4.00. The molecule has 0 atom stereocenters. The lowest BCUT2D eigenvalue weighted by Gasteiger charge is -2.14. The van der Waals surface area contributed by atoms with Crippen LogP contribution in [0.25, 0.3) is 11.4 Å². The lowest BCUT2D eigenvalue weighted by molar-refractivity contribution is 0.657. The number of H-pyrrole nitrogens is 1. The zero-order valence-electron chi connectivity index (χ0n) is 9.87. The van der Waals surface area contributed by atoms with Crippen LogP contribution in [0.3, 0.4) is 0 Å². The Morgan fingerprint density at radius 2 is 1.83 bits per heavy atom. The van der Waals surface area contributed by atoms with Crippen molar-refractivity contribution in [3.63, 3.8) is 0 Å². The van der Waals surface area contributed by atoms with E-state index in [0.717, 1.165) is 47.0 Å². The van der Waals surface area contributed by atoms with Gasteiger partial charge < -0.3 is 4.98 Å². The molecule has 3 rings (SSSR count). The van der Waals surface area contributed by atoms with Gasteiger partial charge in [-0.25, -0.2) is 4.98 Å². The molecule has 1 N–H and O–H groups in total. The maximum atomic E-state index is 12.0. The molecule has 0 saturated carbocycles. The number of aromatic nitrogens is 2. The van der Waals surface area contributed by atoms with E-state index in [-0.39, 0.29) is 5.56 Å². The highest BCUT2D eigenvalue weighted by Gasteiger charge is 2.15. The fourth-order valence-corrected chi connectivity index (χ4v) is 2.61. The van der Waals surface area contributed by atoms with Crippen molar-refractivity contribution in [2.75, 3.05) is 0 Å². The number of nitrogens with one attached hydrogen (secondary N) is 1. The summed E-state index contributed by atoms with van der Waals surface area (Å²) in [6, 6.07) is 7.82. The van der Waals surface area contributed by atoms with Crippen molar-refractivity contribution in [2.45, 2.75) is 25.7 Å². The first kappa shape index (κ1) is 11.7. The predicted molar refractivity (Wildman–Crippen MR) is 74.6 cm³/mol. The Bertz CT molecular complexity index is 631. The summed E-state index contributed by atoms with van der Waals surface area (Å²) in [5.74, 6) is 0.674. The molecule has 0 spiro atoms. The SMILES string of the molecule is O=c1[nH]c(-c2ccc(Br)cc2)nc2c1CCCC2. The van der Waals surface area contributed by atoms with Gasteiger partial charge in [0.2, 0.25) is 0 Å². The van der Waals surface area contributed by atoms with Crippen molar-refractivity contribution in [2.24, 2.45) is 0 Å². The van der Waals surface area contributed by atoms with Crippen LogP contribution in [0.4, 0.5) is 0 Å². The number of fused-ring (bicyclic) bond motifs is 1. The summed E-state index contributed by atoms with van der Waals surface area (Å²) in [4.78, 5) is 19.5. The van der Waals surface area contributed by atoms with Gasteiger partial charge in [0.1, 0.15) is 5.82 Å². The molecule has 2 aromatic rings. The minimum Gasteiger partial charge on any atom is -0.306 e. The van der Waals surface area contributed by atoms with Gasteiger partial charge in [0.25, 0.3) is 5.56 Å². The standard InChI is InChI=1S/C14H13BrN2O/c15-10-7-5-9(6-8-10)13-16-12-4-2-1-3-11(12)14(18)17-13/h5-8H,1-4H2,(H,16,17,18). The second-order valence-electron chi connectivity index (χ2n) is 4.55. The van der Waals surface area contributed by atoms with E-state index in [9.17, 15) is 4.79 Å². The molecule has 0 amide bonds. The van der Waals surface area contributed by atoms with E-state index in [1.807, 2.05) is 24.3 Å². The van der Waals surface area contributed by atoms with Crippen LogP contribution in [0.2, 0.25) is 0 Å². The summed E-state index contributed by atoms with van der Waals surface area (Å²) in [5, 5.41) is 0. The van der Waals surface area contributed by atoms with Crippen LogP contribution in [0, 0.1) is 0 Å². The zero-order chi connectivity index (χ0) is 12.5. The second-order valence-corrected chi connectivity index (χ2v) is 5.47. The van der Waals surface area contributed by atoms with Gasteiger partial charge in [-0.3, -0.25) is 4.79 Å². The summed E-state index contributed by atoms with van der Waals surface area (Å²) in [7, 11) is 0. The number of aryl methyl sites for hydroxylation is 1. The first-order chi connectivity index (χ1) is 8.74. The normalized spacial score (nSPS) is 14.3. The monoisotopic (exact) mass is 304 g/mol. The predicted octanol–water partition coefficient (Wildman–Crippen LogP) is 3.08. The first-order valence-corrected chi connectivity index (χ1v) is 6.91.